The van der Waals surface area contributed by atoms with Crippen LogP contribution in [0, 0.1) is 0 Å². The fourth-order valence-corrected chi connectivity index (χ4v) is 4.11. The van der Waals surface area contributed by atoms with Crippen LogP contribution in [0.15, 0.2) is 18.3 Å². The number of anilines is 1. The van der Waals surface area contributed by atoms with Gasteiger partial charge in [-0.05, 0) is 12.1 Å². The first-order valence-electron chi connectivity index (χ1n) is 3.98. The van der Waals surface area contributed by atoms with E-state index < -0.39 is 24.9 Å². The number of aromatic nitrogens is 1. The molecule has 16 heavy (non-hydrogen) atoms. The van der Waals surface area contributed by atoms with Gasteiger partial charge in [-0.15, -0.1) is 0 Å². The summed E-state index contributed by atoms with van der Waals surface area (Å²) in [4.78, 5) is 3.66. The Bertz CT molecular complexity index is 582. The molecule has 1 N–H and O–H groups in total. The highest BCUT2D eigenvalue weighted by atomic mass is 35.5. The molecule has 0 saturated carbocycles. The summed E-state index contributed by atoms with van der Waals surface area (Å²) in [5.41, 5.74) is 0.170. The standard InChI is InChI=1S/C7H9ClN2O4S2/c1-15(11,12)5-16(13,14)10-6-2-3-9-7(8)4-6/h2-4H,5H2,1H3,(H,9,10). The van der Waals surface area contributed by atoms with E-state index in [0.29, 0.717) is 0 Å². The fraction of sp³-hybridized carbons (Fsp3) is 0.286. The molecule has 6 nitrogen and oxygen atoms in total. The Morgan fingerprint density at radius 2 is 2.00 bits per heavy atom. The minimum atomic E-state index is -3.93. The van der Waals surface area contributed by atoms with Crippen molar-refractivity contribution in [3.63, 3.8) is 0 Å². The van der Waals surface area contributed by atoms with Crippen molar-refractivity contribution in [1.82, 2.24) is 4.98 Å². The van der Waals surface area contributed by atoms with Crippen molar-refractivity contribution < 1.29 is 16.8 Å². The summed E-state index contributed by atoms with van der Waals surface area (Å²) in [6, 6.07) is 2.65. The predicted octanol–water partition coefficient (Wildman–Crippen LogP) is 0.479. The zero-order valence-electron chi connectivity index (χ0n) is 8.21. The van der Waals surface area contributed by atoms with E-state index in [2.05, 4.69) is 9.71 Å². The molecule has 0 radical (unpaired) electrons. The van der Waals surface area contributed by atoms with Crippen molar-refractivity contribution in [2.24, 2.45) is 0 Å². The topological polar surface area (TPSA) is 93.2 Å². The molecule has 0 atom stereocenters. The van der Waals surface area contributed by atoms with Gasteiger partial charge >= 0.3 is 0 Å². The van der Waals surface area contributed by atoms with E-state index in [1.807, 2.05) is 0 Å². The van der Waals surface area contributed by atoms with Gasteiger partial charge in [0, 0.05) is 12.5 Å². The molecule has 1 aromatic heterocycles. The quantitative estimate of drug-likeness (QED) is 0.812. The molecule has 1 heterocycles. The molecule has 1 aromatic rings. The summed E-state index contributed by atoms with van der Waals surface area (Å²) in [5, 5.41) is -0.862. The average Bonchev–Trinajstić information content (AvgIpc) is 1.96. The van der Waals surface area contributed by atoms with Crippen molar-refractivity contribution in [2.45, 2.75) is 0 Å². The van der Waals surface area contributed by atoms with Crippen LogP contribution in [-0.4, -0.2) is 33.2 Å². The number of hydrogen-bond donors (Lipinski definition) is 1. The lowest BCUT2D eigenvalue weighted by Gasteiger charge is -2.06. The third-order valence-corrected chi connectivity index (χ3v) is 5.08. The Balaban J connectivity index is 2.90. The van der Waals surface area contributed by atoms with Crippen molar-refractivity contribution in [2.75, 3.05) is 16.1 Å². The number of rotatable bonds is 4. The molecule has 1 rings (SSSR count). The summed E-state index contributed by atoms with van der Waals surface area (Å²) < 4.78 is 46.5. The van der Waals surface area contributed by atoms with Crippen LogP contribution >= 0.6 is 11.6 Å². The second-order valence-electron chi connectivity index (χ2n) is 3.13. The smallest absolute Gasteiger partial charge is 0.247 e. The second kappa shape index (κ2) is 4.56. The van der Waals surface area contributed by atoms with Crippen LogP contribution in [0.25, 0.3) is 0 Å². The number of hydrogen-bond acceptors (Lipinski definition) is 5. The first kappa shape index (κ1) is 13.2. The van der Waals surface area contributed by atoms with E-state index in [1.165, 1.54) is 18.3 Å². The van der Waals surface area contributed by atoms with Gasteiger partial charge in [0.1, 0.15) is 5.15 Å². The highest BCUT2D eigenvalue weighted by Crippen LogP contribution is 2.13. The molecule has 0 saturated heterocycles. The lowest BCUT2D eigenvalue weighted by Crippen LogP contribution is -2.22. The lowest BCUT2D eigenvalue weighted by atomic mass is 10.4. The Labute approximate surface area is 98.6 Å². The lowest BCUT2D eigenvalue weighted by molar-refractivity contribution is 0.595. The van der Waals surface area contributed by atoms with Gasteiger partial charge in [0.15, 0.2) is 14.9 Å². The van der Waals surface area contributed by atoms with E-state index >= 15 is 0 Å². The van der Waals surface area contributed by atoms with Crippen molar-refractivity contribution in [3.8, 4) is 0 Å². The Hall–Kier alpha value is -0.860. The molecule has 0 unspecified atom stereocenters. The van der Waals surface area contributed by atoms with Crippen LogP contribution in [-0.2, 0) is 19.9 Å². The van der Waals surface area contributed by atoms with Gasteiger partial charge in [0.05, 0.1) is 5.69 Å². The van der Waals surface area contributed by atoms with Crippen LogP contribution < -0.4 is 4.72 Å². The summed E-state index contributed by atoms with van der Waals surface area (Å²) in [6.45, 7) is 0. The zero-order valence-corrected chi connectivity index (χ0v) is 10.6. The summed E-state index contributed by atoms with van der Waals surface area (Å²) in [6.07, 6.45) is 2.15. The maximum Gasteiger partial charge on any atom is 0.247 e. The zero-order chi connectivity index (χ0) is 12.4. The maximum absolute atomic E-state index is 11.4. The number of halogens is 1. The van der Waals surface area contributed by atoms with Crippen LogP contribution in [0.5, 0.6) is 0 Å². The molecule has 90 valence electrons. The molecular weight excluding hydrogens is 276 g/mol. The van der Waals surface area contributed by atoms with Crippen molar-refractivity contribution in [3.05, 3.63) is 23.5 Å². The van der Waals surface area contributed by atoms with Crippen LogP contribution in [0.1, 0.15) is 0 Å². The van der Waals surface area contributed by atoms with Gasteiger partial charge in [-0.25, -0.2) is 21.8 Å². The van der Waals surface area contributed by atoms with Crippen molar-refractivity contribution >= 4 is 37.1 Å². The Morgan fingerprint density at radius 1 is 1.38 bits per heavy atom. The summed E-state index contributed by atoms with van der Waals surface area (Å²) in [5.74, 6) is 0. The molecule has 0 aliphatic heterocycles. The number of sulfonamides is 1. The van der Waals surface area contributed by atoms with Crippen molar-refractivity contribution in [1.29, 1.82) is 0 Å². The van der Waals surface area contributed by atoms with Gasteiger partial charge in [-0.3, -0.25) is 4.72 Å². The first-order chi connectivity index (χ1) is 7.18. The van der Waals surface area contributed by atoms with E-state index in [4.69, 9.17) is 11.6 Å². The molecule has 0 bridgehead atoms. The molecule has 9 heteroatoms. The number of nitrogens with one attached hydrogen (secondary N) is 1. The monoisotopic (exact) mass is 284 g/mol. The molecule has 0 amide bonds. The minimum absolute atomic E-state index is 0.111. The van der Waals surface area contributed by atoms with Gasteiger partial charge in [-0.2, -0.15) is 0 Å². The molecule has 0 aromatic carbocycles. The third kappa shape index (κ3) is 4.77. The predicted molar refractivity (Wildman–Crippen MR) is 61.5 cm³/mol. The molecule has 0 aliphatic rings. The van der Waals surface area contributed by atoms with Crippen LogP contribution in [0.4, 0.5) is 5.69 Å². The van der Waals surface area contributed by atoms with Crippen LogP contribution in [0.2, 0.25) is 5.15 Å². The fourth-order valence-electron chi connectivity index (χ4n) is 0.957. The molecule has 0 aliphatic carbocycles. The van der Waals surface area contributed by atoms with E-state index in [1.54, 1.807) is 0 Å². The minimum Gasteiger partial charge on any atom is -0.283 e. The number of sulfone groups is 1. The number of pyridine rings is 1. The van der Waals surface area contributed by atoms with Gasteiger partial charge in [0.2, 0.25) is 10.0 Å². The SMILES string of the molecule is CS(=O)(=O)CS(=O)(=O)Nc1ccnc(Cl)c1. The Kier molecular flexibility index (Phi) is 3.76. The number of nitrogens with zero attached hydrogens (tertiary/aromatic N) is 1. The highest BCUT2D eigenvalue weighted by molar-refractivity contribution is 8.08. The van der Waals surface area contributed by atoms with Gasteiger partial charge in [-0.1, -0.05) is 11.6 Å². The molecular formula is C7H9ClN2O4S2. The maximum atomic E-state index is 11.4. The van der Waals surface area contributed by atoms with Gasteiger partial charge < -0.3 is 0 Å². The van der Waals surface area contributed by atoms with Crippen LogP contribution in [0.3, 0.4) is 0 Å². The summed E-state index contributed by atoms with van der Waals surface area (Å²) in [7, 11) is -7.54. The molecule has 0 fully saturated rings. The van der Waals surface area contributed by atoms with E-state index in [9.17, 15) is 16.8 Å². The normalized spacial score (nSPS) is 12.4. The molecule has 0 spiro atoms. The third-order valence-electron chi connectivity index (χ3n) is 1.37. The highest BCUT2D eigenvalue weighted by Gasteiger charge is 2.18. The second-order valence-corrected chi connectivity index (χ2v) is 7.74. The average molecular weight is 285 g/mol. The van der Waals surface area contributed by atoms with E-state index in [0.717, 1.165) is 6.26 Å². The summed E-state index contributed by atoms with van der Waals surface area (Å²) >= 11 is 5.54. The first-order valence-corrected chi connectivity index (χ1v) is 8.07. The van der Waals surface area contributed by atoms with Gasteiger partial charge in [0.25, 0.3) is 0 Å². The largest absolute Gasteiger partial charge is 0.283 e. The van der Waals surface area contributed by atoms with E-state index in [-0.39, 0.29) is 10.8 Å². The Morgan fingerprint density at radius 3 is 2.50 bits per heavy atom.